The highest BCUT2D eigenvalue weighted by Crippen LogP contribution is 2.36. The van der Waals surface area contributed by atoms with Gasteiger partial charge in [0.15, 0.2) is 0 Å². The molecule has 0 spiro atoms. The Morgan fingerprint density at radius 3 is 2.76 bits per heavy atom. The molecule has 1 atom stereocenters. The number of rotatable bonds is 5. The molecule has 0 saturated heterocycles. The Morgan fingerprint density at radius 2 is 2.24 bits per heavy atom. The summed E-state index contributed by atoms with van der Waals surface area (Å²) < 4.78 is 5.23. The van der Waals surface area contributed by atoms with E-state index in [4.69, 9.17) is 4.74 Å². The molecule has 4 heteroatoms. The van der Waals surface area contributed by atoms with E-state index in [-0.39, 0.29) is 5.92 Å². The van der Waals surface area contributed by atoms with Gasteiger partial charge < -0.3 is 15.2 Å². The molecule has 0 aliphatic heterocycles. The van der Waals surface area contributed by atoms with Crippen LogP contribution in [0.3, 0.4) is 0 Å². The molecule has 0 aromatic heterocycles. The molecule has 1 aromatic carbocycles. The van der Waals surface area contributed by atoms with Crippen molar-refractivity contribution in [1.29, 1.82) is 0 Å². The lowest BCUT2D eigenvalue weighted by atomic mass is 10.1. The van der Waals surface area contributed by atoms with Crippen molar-refractivity contribution < 1.29 is 14.6 Å². The summed E-state index contributed by atoms with van der Waals surface area (Å²) in [6.45, 7) is 1.97. The summed E-state index contributed by atoms with van der Waals surface area (Å²) >= 11 is 0. The zero-order chi connectivity index (χ0) is 12.4. The minimum atomic E-state index is -0.795. The van der Waals surface area contributed by atoms with Crippen LogP contribution in [0.25, 0.3) is 0 Å². The molecule has 1 fully saturated rings. The third-order valence-electron chi connectivity index (χ3n) is 3.03. The Balaban J connectivity index is 2.20. The van der Waals surface area contributed by atoms with Crippen LogP contribution in [0.5, 0.6) is 5.75 Å². The number of methoxy groups -OCH3 is 1. The van der Waals surface area contributed by atoms with Crippen molar-refractivity contribution in [3.05, 3.63) is 23.8 Å². The third kappa shape index (κ3) is 2.70. The van der Waals surface area contributed by atoms with Crippen LogP contribution in [0.15, 0.2) is 18.2 Å². The van der Waals surface area contributed by atoms with Crippen LogP contribution in [0.2, 0.25) is 0 Å². The standard InChI is InChI=1S/C13H17NO3/c1-8-3-6-11(17-2)10(7-8)14-12(13(15)16)9-4-5-9/h3,6-7,9,12,14H,4-5H2,1-2H3,(H,15,16). The van der Waals surface area contributed by atoms with E-state index >= 15 is 0 Å². The molecule has 1 aliphatic carbocycles. The Morgan fingerprint density at radius 1 is 1.53 bits per heavy atom. The van der Waals surface area contributed by atoms with E-state index in [9.17, 15) is 9.90 Å². The van der Waals surface area contributed by atoms with Crippen LogP contribution in [0, 0.1) is 12.8 Å². The molecular formula is C13H17NO3. The number of carboxylic acid groups (broad SMARTS) is 1. The van der Waals surface area contributed by atoms with Crippen molar-refractivity contribution in [2.45, 2.75) is 25.8 Å². The van der Waals surface area contributed by atoms with Crippen LogP contribution < -0.4 is 10.1 Å². The smallest absolute Gasteiger partial charge is 0.326 e. The molecule has 0 amide bonds. The largest absolute Gasteiger partial charge is 0.495 e. The van der Waals surface area contributed by atoms with E-state index in [2.05, 4.69) is 5.32 Å². The van der Waals surface area contributed by atoms with E-state index in [1.165, 1.54) is 0 Å². The SMILES string of the molecule is COc1ccc(C)cc1NC(C(=O)O)C1CC1. The van der Waals surface area contributed by atoms with Gasteiger partial charge in [-0.15, -0.1) is 0 Å². The van der Waals surface area contributed by atoms with Crippen molar-refractivity contribution in [3.8, 4) is 5.75 Å². The van der Waals surface area contributed by atoms with Crippen molar-refractivity contribution in [3.63, 3.8) is 0 Å². The van der Waals surface area contributed by atoms with Crippen molar-refractivity contribution in [2.75, 3.05) is 12.4 Å². The van der Waals surface area contributed by atoms with Gasteiger partial charge in [-0.3, -0.25) is 0 Å². The quantitative estimate of drug-likeness (QED) is 0.822. The summed E-state index contributed by atoms with van der Waals surface area (Å²) in [5.41, 5.74) is 1.83. The number of carboxylic acids is 1. The van der Waals surface area contributed by atoms with Gasteiger partial charge in [0, 0.05) is 0 Å². The van der Waals surface area contributed by atoms with Gasteiger partial charge in [-0.25, -0.2) is 4.79 Å². The number of ether oxygens (including phenoxy) is 1. The first-order valence-electron chi connectivity index (χ1n) is 5.76. The predicted octanol–water partition coefficient (Wildman–Crippen LogP) is 2.28. The summed E-state index contributed by atoms with van der Waals surface area (Å²) in [7, 11) is 1.59. The normalized spacial score (nSPS) is 16.4. The summed E-state index contributed by atoms with van der Waals surface area (Å²) in [5.74, 6) is 0.135. The molecule has 4 nitrogen and oxygen atoms in total. The van der Waals surface area contributed by atoms with E-state index in [0.29, 0.717) is 5.75 Å². The van der Waals surface area contributed by atoms with Crippen LogP contribution in [-0.2, 0) is 4.79 Å². The number of benzene rings is 1. The topological polar surface area (TPSA) is 58.6 Å². The van der Waals surface area contributed by atoms with Gasteiger partial charge in [0.2, 0.25) is 0 Å². The summed E-state index contributed by atoms with van der Waals surface area (Å²) in [6.07, 6.45) is 1.97. The Kier molecular flexibility index (Phi) is 3.22. The monoisotopic (exact) mass is 235 g/mol. The maximum absolute atomic E-state index is 11.2. The molecule has 1 unspecified atom stereocenters. The second kappa shape index (κ2) is 4.65. The molecule has 2 N–H and O–H groups in total. The lowest BCUT2D eigenvalue weighted by molar-refractivity contribution is -0.138. The molecule has 1 aromatic rings. The molecule has 17 heavy (non-hydrogen) atoms. The second-order valence-electron chi connectivity index (χ2n) is 4.50. The number of hydrogen-bond donors (Lipinski definition) is 2. The van der Waals surface area contributed by atoms with E-state index < -0.39 is 12.0 Å². The molecule has 1 aliphatic rings. The average Bonchev–Trinajstić information content (AvgIpc) is 3.09. The molecule has 1 saturated carbocycles. The fourth-order valence-electron chi connectivity index (χ4n) is 1.91. The number of anilines is 1. The summed E-state index contributed by atoms with van der Waals surface area (Å²) in [5, 5.41) is 12.3. The Hall–Kier alpha value is -1.71. The van der Waals surface area contributed by atoms with E-state index in [0.717, 1.165) is 24.1 Å². The van der Waals surface area contributed by atoms with Crippen molar-refractivity contribution in [1.82, 2.24) is 0 Å². The van der Waals surface area contributed by atoms with Gasteiger partial charge in [-0.2, -0.15) is 0 Å². The van der Waals surface area contributed by atoms with Crippen LogP contribution in [0.1, 0.15) is 18.4 Å². The maximum Gasteiger partial charge on any atom is 0.326 e. The lowest BCUT2D eigenvalue weighted by Gasteiger charge is -2.17. The average molecular weight is 235 g/mol. The van der Waals surface area contributed by atoms with Gasteiger partial charge in [0.05, 0.1) is 12.8 Å². The molecule has 0 bridgehead atoms. The fraction of sp³-hybridized carbons (Fsp3) is 0.462. The predicted molar refractivity (Wildman–Crippen MR) is 65.5 cm³/mol. The van der Waals surface area contributed by atoms with Gasteiger partial charge in [0.1, 0.15) is 11.8 Å². The highest BCUT2D eigenvalue weighted by Gasteiger charge is 2.36. The van der Waals surface area contributed by atoms with Crippen LogP contribution in [0.4, 0.5) is 5.69 Å². The van der Waals surface area contributed by atoms with Gasteiger partial charge >= 0.3 is 5.97 Å². The van der Waals surface area contributed by atoms with Crippen molar-refractivity contribution >= 4 is 11.7 Å². The molecule has 2 rings (SSSR count). The number of carbonyl (C=O) groups is 1. The minimum absolute atomic E-state index is 0.248. The van der Waals surface area contributed by atoms with Gasteiger partial charge in [-0.05, 0) is 43.4 Å². The highest BCUT2D eigenvalue weighted by atomic mass is 16.5. The minimum Gasteiger partial charge on any atom is -0.495 e. The lowest BCUT2D eigenvalue weighted by Crippen LogP contribution is -2.31. The zero-order valence-corrected chi connectivity index (χ0v) is 10.1. The second-order valence-corrected chi connectivity index (χ2v) is 4.50. The maximum atomic E-state index is 11.2. The van der Waals surface area contributed by atoms with Crippen molar-refractivity contribution in [2.24, 2.45) is 5.92 Å². The molecule has 92 valence electrons. The molecular weight excluding hydrogens is 218 g/mol. The molecule has 0 radical (unpaired) electrons. The van der Waals surface area contributed by atoms with E-state index in [1.807, 2.05) is 25.1 Å². The first-order chi connectivity index (χ1) is 8.11. The zero-order valence-electron chi connectivity index (χ0n) is 10.1. The van der Waals surface area contributed by atoms with Gasteiger partial charge in [-0.1, -0.05) is 6.07 Å². The third-order valence-corrected chi connectivity index (χ3v) is 3.03. The van der Waals surface area contributed by atoms with E-state index in [1.54, 1.807) is 7.11 Å². The number of aryl methyl sites for hydroxylation is 1. The summed E-state index contributed by atoms with van der Waals surface area (Å²) in [4.78, 5) is 11.2. The molecule has 0 heterocycles. The Labute approximate surface area is 101 Å². The van der Waals surface area contributed by atoms with Crippen LogP contribution >= 0.6 is 0 Å². The number of nitrogens with one attached hydrogen (secondary N) is 1. The number of hydrogen-bond acceptors (Lipinski definition) is 3. The highest BCUT2D eigenvalue weighted by molar-refractivity contribution is 5.79. The fourth-order valence-corrected chi connectivity index (χ4v) is 1.91. The summed E-state index contributed by atoms with van der Waals surface area (Å²) in [6, 6.07) is 5.20. The van der Waals surface area contributed by atoms with Crippen LogP contribution in [-0.4, -0.2) is 24.2 Å². The first-order valence-corrected chi connectivity index (χ1v) is 5.76. The number of aliphatic carboxylic acids is 1. The Bertz CT molecular complexity index is 427. The van der Waals surface area contributed by atoms with Gasteiger partial charge in [0.25, 0.3) is 0 Å². The first kappa shape index (κ1) is 11.8.